The molecule has 0 heterocycles. The molecule has 0 spiro atoms. The van der Waals surface area contributed by atoms with Crippen LogP contribution in [0.2, 0.25) is 0 Å². The number of rotatable bonds is 10. The minimum Gasteiger partial charge on any atom is -0.373 e. The maximum absolute atomic E-state index is 4.60. The van der Waals surface area contributed by atoms with Gasteiger partial charge in [0.1, 0.15) is 0 Å². The molecule has 0 aliphatic heterocycles. The number of hydrogen-bond donors (Lipinski definition) is 0. The van der Waals surface area contributed by atoms with Crippen LogP contribution >= 0.6 is 0 Å². The second-order valence-electron chi connectivity index (χ2n) is 4.91. The van der Waals surface area contributed by atoms with Crippen molar-refractivity contribution in [1.29, 1.82) is 0 Å². The minimum absolute atomic E-state index is 0.619. The number of nitrogens with zero attached hydrogens (tertiary/aromatic N) is 2. The van der Waals surface area contributed by atoms with Gasteiger partial charge in [0.05, 0.1) is 5.70 Å². The maximum Gasteiger partial charge on any atom is 0.0558 e. The zero-order valence-corrected chi connectivity index (χ0v) is 13.1. The fraction of sp³-hybridized carbons (Fsp3) is 0.812. The molecule has 0 aromatic rings. The largest absolute Gasteiger partial charge is 0.373 e. The first kappa shape index (κ1) is 17.2. The van der Waals surface area contributed by atoms with Crippen LogP contribution < -0.4 is 0 Å². The van der Waals surface area contributed by atoms with Gasteiger partial charge in [-0.25, -0.2) is 0 Å². The van der Waals surface area contributed by atoms with Crippen molar-refractivity contribution in [3.8, 4) is 0 Å². The monoisotopic (exact) mass is 252 g/mol. The fourth-order valence-corrected chi connectivity index (χ4v) is 2.03. The molecular formula is C16H32N2. The predicted molar refractivity (Wildman–Crippen MR) is 83.1 cm³/mol. The van der Waals surface area contributed by atoms with E-state index in [0.29, 0.717) is 6.04 Å². The van der Waals surface area contributed by atoms with Gasteiger partial charge in [-0.3, -0.25) is 4.99 Å². The molecule has 18 heavy (non-hydrogen) atoms. The van der Waals surface area contributed by atoms with Crippen LogP contribution in [-0.4, -0.2) is 23.7 Å². The van der Waals surface area contributed by atoms with Crippen LogP contribution in [0.4, 0.5) is 0 Å². The molecule has 0 aliphatic carbocycles. The third kappa shape index (κ3) is 7.52. The van der Waals surface area contributed by atoms with E-state index in [1.807, 2.05) is 6.21 Å². The Labute approximate surface area is 114 Å². The van der Waals surface area contributed by atoms with Crippen LogP contribution in [-0.2, 0) is 0 Å². The lowest BCUT2D eigenvalue weighted by Gasteiger charge is -2.27. The van der Waals surface area contributed by atoms with Gasteiger partial charge >= 0.3 is 0 Å². The number of unbranched alkanes of at least 4 members (excludes halogenated alkanes) is 1. The summed E-state index contributed by atoms with van der Waals surface area (Å²) in [6.45, 7) is 12.2. The maximum atomic E-state index is 4.60. The Morgan fingerprint density at radius 3 is 2.39 bits per heavy atom. The standard InChI is InChI=1S/C16H32N2/c1-6-10-12-16(17-13-8-3)14-18(9-4)15(5)11-7-2/h13-15H,6-12H2,1-5H3/b16-14+,17-13?. The summed E-state index contributed by atoms with van der Waals surface area (Å²) in [5, 5.41) is 0. The highest BCUT2D eigenvalue weighted by atomic mass is 15.1. The van der Waals surface area contributed by atoms with Crippen molar-refractivity contribution < 1.29 is 0 Å². The van der Waals surface area contributed by atoms with E-state index in [4.69, 9.17) is 0 Å². The van der Waals surface area contributed by atoms with Crippen molar-refractivity contribution >= 4 is 6.21 Å². The Bertz CT molecular complexity index is 243. The molecule has 0 N–H and O–H groups in total. The molecule has 0 saturated carbocycles. The lowest BCUT2D eigenvalue weighted by atomic mass is 10.1. The Balaban J connectivity index is 4.68. The Morgan fingerprint density at radius 2 is 1.89 bits per heavy atom. The van der Waals surface area contributed by atoms with E-state index in [-0.39, 0.29) is 0 Å². The first-order chi connectivity index (χ1) is 8.69. The molecule has 1 atom stereocenters. The third-order valence-electron chi connectivity index (χ3n) is 3.18. The highest BCUT2D eigenvalue weighted by molar-refractivity contribution is 5.58. The summed E-state index contributed by atoms with van der Waals surface area (Å²) < 4.78 is 0. The van der Waals surface area contributed by atoms with Crippen molar-refractivity contribution in [2.75, 3.05) is 6.54 Å². The first-order valence-corrected chi connectivity index (χ1v) is 7.68. The average Bonchev–Trinajstić information content (AvgIpc) is 2.38. The van der Waals surface area contributed by atoms with Gasteiger partial charge in [0.25, 0.3) is 0 Å². The second kappa shape index (κ2) is 11.3. The van der Waals surface area contributed by atoms with E-state index in [2.05, 4.69) is 50.7 Å². The Kier molecular flexibility index (Phi) is 10.8. The quantitative estimate of drug-likeness (QED) is 0.499. The molecule has 2 heteroatoms. The summed E-state index contributed by atoms with van der Waals surface area (Å²) in [5.41, 5.74) is 1.24. The highest BCUT2D eigenvalue weighted by Gasteiger charge is 2.08. The van der Waals surface area contributed by atoms with Crippen LogP contribution in [0.1, 0.15) is 73.1 Å². The van der Waals surface area contributed by atoms with Gasteiger partial charge in [-0.15, -0.1) is 0 Å². The van der Waals surface area contributed by atoms with Gasteiger partial charge in [0.15, 0.2) is 0 Å². The van der Waals surface area contributed by atoms with Crippen molar-refractivity contribution in [1.82, 2.24) is 4.90 Å². The lowest BCUT2D eigenvalue weighted by molar-refractivity contribution is 0.288. The molecular weight excluding hydrogens is 220 g/mol. The van der Waals surface area contributed by atoms with Crippen molar-refractivity contribution in [2.45, 2.75) is 79.2 Å². The molecule has 0 amide bonds. The molecule has 0 saturated heterocycles. The predicted octanol–water partition coefficient (Wildman–Crippen LogP) is 5.01. The average molecular weight is 252 g/mol. The van der Waals surface area contributed by atoms with Crippen LogP contribution in [0, 0.1) is 0 Å². The normalized spacial score (nSPS) is 14.2. The lowest BCUT2D eigenvalue weighted by Crippen LogP contribution is -2.28. The zero-order valence-electron chi connectivity index (χ0n) is 13.1. The summed E-state index contributed by atoms with van der Waals surface area (Å²) in [4.78, 5) is 7.04. The van der Waals surface area contributed by atoms with E-state index >= 15 is 0 Å². The van der Waals surface area contributed by atoms with Crippen molar-refractivity contribution in [2.24, 2.45) is 4.99 Å². The van der Waals surface area contributed by atoms with E-state index in [1.165, 1.54) is 31.4 Å². The van der Waals surface area contributed by atoms with Crippen LogP contribution in [0.5, 0.6) is 0 Å². The summed E-state index contributed by atoms with van der Waals surface area (Å²) in [7, 11) is 0. The van der Waals surface area contributed by atoms with E-state index < -0.39 is 0 Å². The summed E-state index contributed by atoms with van der Waals surface area (Å²) >= 11 is 0. The van der Waals surface area contributed by atoms with Crippen molar-refractivity contribution in [3.05, 3.63) is 11.9 Å². The molecule has 2 nitrogen and oxygen atoms in total. The van der Waals surface area contributed by atoms with E-state index in [1.54, 1.807) is 0 Å². The van der Waals surface area contributed by atoms with Crippen LogP contribution in [0.15, 0.2) is 16.9 Å². The number of allylic oxidation sites excluding steroid dienone is 1. The molecule has 0 aromatic heterocycles. The molecule has 1 unspecified atom stereocenters. The van der Waals surface area contributed by atoms with Gasteiger partial charge in [0, 0.05) is 25.0 Å². The molecule has 106 valence electrons. The third-order valence-corrected chi connectivity index (χ3v) is 3.18. The summed E-state index contributed by atoms with van der Waals surface area (Å²) in [6, 6.07) is 0.619. The molecule has 0 aliphatic rings. The van der Waals surface area contributed by atoms with Gasteiger partial charge in [-0.05, 0) is 39.5 Å². The number of aliphatic imine (C=N–C) groups is 1. The summed E-state index contributed by atoms with van der Waals surface area (Å²) in [5.74, 6) is 0. The molecule has 0 bridgehead atoms. The van der Waals surface area contributed by atoms with Gasteiger partial charge in [-0.2, -0.15) is 0 Å². The van der Waals surface area contributed by atoms with Crippen molar-refractivity contribution in [3.63, 3.8) is 0 Å². The van der Waals surface area contributed by atoms with E-state index in [9.17, 15) is 0 Å². The van der Waals surface area contributed by atoms with Gasteiger partial charge in [-0.1, -0.05) is 33.6 Å². The molecule has 0 fully saturated rings. The zero-order chi connectivity index (χ0) is 13.8. The van der Waals surface area contributed by atoms with Gasteiger partial charge < -0.3 is 4.90 Å². The topological polar surface area (TPSA) is 15.6 Å². The first-order valence-electron chi connectivity index (χ1n) is 7.68. The fourth-order valence-electron chi connectivity index (χ4n) is 2.03. The van der Waals surface area contributed by atoms with Crippen LogP contribution in [0.3, 0.4) is 0 Å². The summed E-state index contributed by atoms with van der Waals surface area (Å²) in [6.07, 6.45) is 11.4. The second-order valence-corrected chi connectivity index (χ2v) is 4.91. The molecule has 0 rings (SSSR count). The highest BCUT2D eigenvalue weighted by Crippen LogP contribution is 2.14. The Hall–Kier alpha value is -0.790. The SMILES string of the molecule is CCC=N/C(=C/N(CC)C(C)CCC)CCCC. The van der Waals surface area contributed by atoms with E-state index in [0.717, 1.165) is 19.4 Å². The smallest absolute Gasteiger partial charge is 0.0558 e. The minimum atomic E-state index is 0.619. The molecule has 0 radical (unpaired) electrons. The Morgan fingerprint density at radius 1 is 1.17 bits per heavy atom. The molecule has 0 aromatic carbocycles. The number of hydrogen-bond acceptors (Lipinski definition) is 2. The van der Waals surface area contributed by atoms with Gasteiger partial charge in [0.2, 0.25) is 0 Å². The van der Waals surface area contributed by atoms with Crippen LogP contribution in [0.25, 0.3) is 0 Å².